The number of ether oxygens (including phenoxy) is 2. The highest BCUT2D eigenvalue weighted by Gasteiger charge is 2.22. The van der Waals surface area contributed by atoms with Gasteiger partial charge in [-0.05, 0) is 59.7 Å². The van der Waals surface area contributed by atoms with Gasteiger partial charge in [-0.3, -0.25) is 9.59 Å². The molecule has 0 fully saturated rings. The van der Waals surface area contributed by atoms with Gasteiger partial charge in [0, 0.05) is 18.1 Å². The van der Waals surface area contributed by atoms with E-state index in [9.17, 15) is 14.0 Å². The second kappa shape index (κ2) is 12.9. The number of halogens is 1. The number of hydrogen-bond acceptors (Lipinski definition) is 6. The van der Waals surface area contributed by atoms with Crippen molar-refractivity contribution in [3.05, 3.63) is 115 Å². The van der Waals surface area contributed by atoms with Crippen molar-refractivity contribution in [3.8, 4) is 11.5 Å². The molecule has 4 rings (SSSR count). The fourth-order valence-corrected chi connectivity index (χ4v) is 3.38. The van der Waals surface area contributed by atoms with E-state index in [-0.39, 0.29) is 24.8 Å². The summed E-state index contributed by atoms with van der Waals surface area (Å²) in [6.07, 6.45) is 4.50. The van der Waals surface area contributed by atoms with Crippen LogP contribution in [0.1, 0.15) is 11.1 Å². The van der Waals surface area contributed by atoms with E-state index >= 15 is 0 Å². The highest BCUT2D eigenvalue weighted by Crippen LogP contribution is 2.23. The summed E-state index contributed by atoms with van der Waals surface area (Å²) in [5.74, 6) is -0.137. The molecule has 188 valence electrons. The first-order valence-corrected chi connectivity index (χ1v) is 11.5. The van der Waals surface area contributed by atoms with Gasteiger partial charge in [-0.25, -0.2) is 14.4 Å². The van der Waals surface area contributed by atoms with Gasteiger partial charge in [0.2, 0.25) is 11.8 Å². The summed E-state index contributed by atoms with van der Waals surface area (Å²) in [7, 11) is 0. The summed E-state index contributed by atoms with van der Waals surface area (Å²) in [6, 6.07) is 20.9. The van der Waals surface area contributed by atoms with Crippen molar-refractivity contribution in [2.45, 2.75) is 19.1 Å². The first-order valence-electron chi connectivity index (χ1n) is 11.5. The van der Waals surface area contributed by atoms with Crippen molar-refractivity contribution in [1.29, 1.82) is 0 Å². The van der Waals surface area contributed by atoms with Crippen molar-refractivity contribution in [2.24, 2.45) is 0 Å². The summed E-state index contributed by atoms with van der Waals surface area (Å²) in [5, 5.41) is 5.53. The predicted octanol–water partition coefficient (Wildman–Crippen LogP) is 4.29. The largest absolute Gasteiger partial charge is 0.457 e. The van der Waals surface area contributed by atoms with Crippen LogP contribution in [0.2, 0.25) is 0 Å². The van der Waals surface area contributed by atoms with Crippen molar-refractivity contribution >= 4 is 17.5 Å². The molecule has 1 heterocycles. The molecule has 1 atom stereocenters. The molecule has 0 saturated heterocycles. The number of carbonyl (C=O) groups excluding carboxylic acids is 2. The summed E-state index contributed by atoms with van der Waals surface area (Å²) in [5.41, 5.74) is 2.09. The molecule has 0 radical (unpaired) electrons. The molecule has 2 N–H and O–H groups in total. The van der Waals surface area contributed by atoms with E-state index in [1.807, 2.05) is 30.3 Å². The van der Waals surface area contributed by atoms with Crippen LogP contribution in [0.3, 0.4) is 0 Å². The molecule has 4 aromatic rings. The molecular weight excluding hydrogens is 475 g/mol. The molecule has 0 bridgehead atoms. The van der Waals surface area contributed by atoms with Crippen LogP contribution in [0, 0.1) is 5.82 Å². The number of anilines is 1. The van der Waals surface area contributed by atoms with E-state index < -0.39 is 11.9 Å². The van der Waals surface area contributed by atoms with Crippen molar-refractivity contribution < 1.29 is 23.5 Å². The second-order valence-electron chi connectivity index (χ2n) is 8.11. The molecule has 3 aromatic carbocycles. The Bertz CT molecular complexity index is 1290. The van der Waals surface area contributed by atoms with Gasteiger partial charge < -0.3 is 20.1 Å². The van der Waals surface area contributed by atoms with Crippen LogP contribution in [-0.4, -0.2) is 34.4 Å². The smallest absolute Gasteiger partial charge is 0.249 e. The maximum Gasteiger partial charge on any atom is 0.249 e. The van der Waals surface area contributed by atoms with Crippen LogP contribution in [0.25, 0.3) is 0 Å². The lowest BCUT2D eigenvalue weighted by atomic mass is 10.2. The Kier molecular flexibility index (Phi) is 8.87. The molecular formula is C28H25FN4O4. The van der Waals surface area contributed by atoms with Crippen LogP contribution in [0.15, 0.2) is 97.6 Å². The molecule has 8 nitrogen and oxygen atoms in total. The lowest BCUT2D eigenvalue weighted by molar-refractivity contribution is -0.127. The first-order chi connectivity index (χ1) is 18.0. The fraction of sp³-hybridized carbons (Fsp3) is 0.143. The Morgan fingerprint density at radius 1 is 0.838 bits per heavy atom. The Morgan fingerprint density at radius 3 is 2.16 bits per heavy atom. The van der Waals surface area contributed by atoms with Gasteiger partial charge in [0.15, 0.2) is 0 Å². The summed E-state index contributed by atoms with van der Waals surface area (Å²) in [4.78, 5) is 33.5. The molecule has 2 amide bonds. The maximum absolute atomic E-state index is 13.1. The van der Waals surface area contributed by atoms with Gasteiger partial charge in [0.25, 0.3) is 0 Å². The number of hydrogen-bond donors (Lipinski definition) is 2. The topological polar surface area (TPSA) is 102 Å². The van der Waals surface area contributed by atoms with Gasteiger partial charge in [0.05, 0.1) is 19.6 Å². The van der Waals surface area contributed by atoms with Crippen LogP contribution in [0.4, 0.5) is 10.1 Å². The minimum atomic E-state index is -0.934. The average molecular weight is 501 g/mol. The lowest BCUT2D eigenvalue weighted by Gasteiger charge is -2.19. The van der Waals surface area contributed by atoms with E-state index in [0.717, 1.165) is 5.56 Å². The molecule has 37 heavy (non-hydrogen) atoms. The monoisotopic (exact) mass is 500 g/mol. The van der Waals surface area contributed by atoms with Crippen LogP contribution in [-0.2, 0) is 27.4 Å². The average Bonchev–Trinajstić information content (AvgIpc) is 2.91. The van der Waals surface area contributed by atoms with Gasteiger partial charge >= 0.3 is 0 Å². The van der Waals surface area contributed by atoms with Crippen molar-refractivity contribution in [1.82, 2.24) is 15.3 Å². The number of amides is 2. The van der Waals surface area contributed by atoms with E-state index in [2.05, 4.69) is 20.6 Å². The number of aromatic nitrogens is 2. The van der Waals surface area contributed by atoms with E-state index in [0.29, 0.717) is 29.4 Å². The van der Waals surface area contributed by atoms with Crippen LogP contribution < -0.4 is 15.4 Å². The minimum Gasteiger partial charge on any atom is -0.457 e. The van der Waals surface area contributed by atoms with E-state index in [4.69, 9.17) is 9.47 Å². The van der Waals surface area contributed by atoms with Gasteiger partial charge in [-0.15, -0.1) is 0 Å². The Hall–Kier alpha value is -4.63. The Labute approximate surface area is 213 Å². The van der Waals surface area contributed by atoms with E-state index in [1.165, 1.54) is 30.6 Å². The normalized spacial score (nSPS) is 11.4. The van der Waals surface area contributed by atoms with E-state index in [1.54, 1.807) is 36.7 Å². The molecule has 0 aliphatic rings. The molecule has 1 unspecified atom stereocenters. The fourth-order valence-electron chi connectivity index (χ4n) is 3.38. The van der Waals surface area contributed by atoms with Gasteiger partial charge in [-0.2, -0.15) is 0 Å². The summed E-state index contributed by atoms with van der Waals surface area (Å²) < 4.78 is 24.5. The summed E-state index contributed by atoms with van der Waals surface area (Å²) >= 11 is 0. The third-order valence-corrected chi connectivity index (χ3v) is 5.20. The molecule has 9 heteroatoms. The number of benzene rings is 3. The Morgan fingerprint density at radius 2 is 1.49 bits per heavy atom. The molecule has 0 spiro atoms. The third kappa shape index (κ3) is 8.22. The molecule has 0 aliphatic heterocycles. The third-order valence-electron chi connectivity index (χ3n) is 5.20. The number of carbonyl (C=O) groups is 2. The van der Waals surface area contributed by atoms with Crippen molar-refractivity contribution in [2.75, 3.05) is 11.9 Å². The zero-order chi connectivity index (χ0) is 25.9. The minimum absolute atomic E-state index is 0.0243. The SMILES string of the molecule is O=C(Cc1cncnc1)NC(COCc1ccccc1)C(=O)Nc1ccc(Oc2ccc(F)cc2)cc1. The van der Waals surface area contributed by atoms with Gasteiger partial charge in [-0.1, -0.05) is 30.3 Å². The standard InChI is InChI=1S/C28H25FN4O4/c29-22-6-10-24(11-7-22)37-25-12-8-23(9-13-25)32-28(35)26(18-36-17-20-4-2-1-3-5-20)33-27(34)14-21-15-30-19-31-16-21/h1-13,15-16,19,26H,14,17-18H2,(H,32,35)(H,33,34). The zero-order valence-corrected chi connectivity index (χ0v) is 19.8. The quantitative estimate of drug-likeness (QED) is 0.319. The molecule has 0 saturated carbocycles. The maximum atomic E-state index is 13.1. The lowest BCUT2D eigenvalue weighted by Crippen LogP contribution is -2.47. The van der Waals surface area contributed by atoms with Gasteiger partial charge in [0.1, 0.15) is 29.7 Å². The molecule has 0 aliphatic carbocycles. The summed E-state index contributed by atoms with van der Waals surface area (Å²) in [6.45, 7) is 0.270. The highest BCUT2D eigenvalue weighted by molar-refractivity contribution is 5.97. The zero-order valence-electron chi connectivity index (χ0n) is 19.8. The number of nitrogens with zero attached hydrogens (tertiary/aromatic N) is 2. The molecule has 1 aromatic heterocycles. The second-order valence-corrected chi connectivity index (χ2v) is 8.11. The highest BCUT2D eigenvalue weighted by atomic mass is 19.1. The predicted molar refractivity (Wildman–Crippen MR) is 135 cm³/mol. The van der Waals surface area contributed by atoms with Crippen LogP contribution in [0.5, 0.6) is 11.5 Å². The van der Waals surface area contributed by atoms with Crippen molar-refractivity contribution in [3.63, 3.8) is 0 Å². The van der Waals surface area contributed by atoms with Crippen LogP contribution >= 0.6 is 0 Å². The number of rotatable bonds is 11. The number of nitrogens with one attached hydrogen (secondary N) is 2. The first kappa shape index (κ1) is 25.5. The Balaban J connectivity index is 1.37.